The highest BCUT2D eigenvalue weighted by Crippen LogP contribution is 2.19. The van der Waals surface area contributed by atoms with Crippen LogP contribution in [0.15, 0.2) is 30.3 Å². The number of ketones is 1. The molecule has 1 aromatic rings. The van der Waals surface area contributed by atoms with Crippen molar-refractivity contribution in [2.75, 3.05) is 0 Å². The first kappa shape index (κ1) is 18.3. The van der Waals surface area contributed by atoms with Gasteiger partial charge in [0.1, 0.15) is 6.10 Å². The minimum Gasteiger partial charge on any atom is -0.480 e. The van der Waals surface area contributed by atoms with Crippen molar-refractivity contribution in [2.45, 2.75) is 44.4 Å². The molecule has 0 heterocycles. The highest BCUT2D eigenvalue weighted by Gasteiger charge is 2.46. The molecule has 0 aliphatic heterocycles. The Balaban J connectivity index is 2.87. The summed E-state index contributed by atoms with van der Waals surface area (Å²) in [5.41, 5.74) is 10.3. The van der Waals surface area contributed by atoms with Crippen LogP contribution >= 0.6 is 0 Å². The fraction of sp³-hybridized carbons (Fsp3) is 0.500. The van der Waals surface area contributed by atoms with Crippen molar-refractivity contribution < 1.29 is 19.8 Å². The van der Waals surface area contributed by atoms with E-state index in [-0.39, 0.29) is 18.8 Å². The number of benzene rings is 1. The number of rotatable bonds is 8. The van der Waals surface area contributed by atoms with Crippen LogP contribution in [0.25, 0.3) is 0 Å². The molecule has 1 rings (SSSR count). The number of aliphatic hydroxyl groups excluding tert-OH is 1. The molecule has 0 radical (unpaired) electrons. The Morgan fingerprint density at radius 1 is 1.23 bits per heavy atom. The number of carboxylic acid groups (broad SMARTS) is 1. The van der Waals surface area contributed by atoms with Crippen LogP contribution < -0.4 is 11.5 Å². The molecule has 3 atom stereocenters. The van der Waals surface area contributed by atoms with Crippen molar-refractivity contribution in [3.8, 4) is 0 Å². The van der Waals surface area contributed by atoms with E-state index in [0.717, 1.165) is 5.56 Å². The van der Waals surface area contributed by atoms with Gasteiger partial charge in [-0.2, -0.15) is 0 Å². The topological polar surface area (TPSA) is 127 Å². The van der Waals surface area contributed by atoms with Crippen LogP contribution in [0.5, 0.6) is 0 Å². The Bertz CT molecular complexity index is 518. The van der Waals surface area contributed by atoms with Crippen molar-refractivity contribution in [1.82, 2.24) is 0 Å². The number of aliphatic hydroxyl groups is 1. The summed E-state index contributed by atoms with van der Waals surface area (Å²) < 4.78 is 0. The fourth-order valence-electron chi connectivity index (χ4n) is 2.39. The first-order chi connectivity index (χ1) is 10.2. The van der Waals surface area contributed by atoms with Crippen LogP contribution in [0.3, 0.4) is 0 Å². The number of nitrogens with two attached hydrogens (primary N) is 2. The lowest BCUT2D eigenvalue weighted by molar-refractivity contribution is -0.152. The summed E-state index contributed by atoms with van der Waals surface area (Å²) in [6.45, 7) is 3.52. The molecule has 0 saturated carbocycles. The Morgan fingerprint density at radius 3 is 2.23 bits per heavy atom. The second-order valence-corrected chi connectivity index (χ2v) is 6.04. The molecular formula is C16H24N2O4. The highest BCUT2D eigenvalue weighted by molar-refractivity contribution is 6.09. The number of carbonyl (C=O) groups is 2. The van der Waals surface area contributed by atoms with Gasteiger partial charge in [-0.15, -0.1) is 0 Å². The highest BCUT2D eigenvalue weighted by atomic mass is 16.4. The van der Waals surface area contributed by atoms with E-state index in [1.807, 2.05) is 30.3 Å². The van der Waals surface area contributed by atoms with Gasteiger partial charge in [0, 0.05) is 6.04 Å². The standard InChI is InChI=1S/C16H24N2O4/c1-10(2)9-16(18,15(21)22)14(20)13(19)12(17)8-11-6-4-3-5-7-11/h3-7,10,12-13,19H,8-9,17-18H2,1-2H3,(H,21,22)/t12?,13?,16-/m1/s1. The van der Waals surface area contributed by atoms with E-state index >= 15 is 0 Å². The molecule has 6 nitrogen and oxygen atoms in total. The van der Waals surface area contributed by atoms with Crippen molar-refractivity contribution >= 4 is 11.8 Å². The normalized spacial score (nSPS) is 16.8. The second-order valence-electron chi connectivity index (χ2n) is 6.04. The van der Waals surface area contributed by atoms with Crippen LogP contribution in [0, 0.1) is 5.92 Å². The molecule has 0 spiro atoms. The van der Waals surface area contributed by atoms with Crippen molar-refractivity contribution in [1.29, 1.82) is 0 Å². The van der Waals surface area contributed by atoms with Crippen molar-refractivity contribution in [2.24, 2.45) is 17.4 Å². The summed E-state index contributed by atoms with van der Waals surface area (Å²) >= 11 is 0. The van der Waals surface area contributed by atoms with Gasteiger partial charge in [0.2, 0.25) is 0 Å². The van der Waals surface area contributed by atoms with Crippen molar-refractivity contribution in [3.05, 3.63) is 35.9 Å². The minimum atomic E-state index is -2.12. The first-order valence-electron chi connectivity index (χ1n) is 7.22. The third-order valence-corrected chi connectivity index (χ3v) is 3.54. The van der Waals surface area contributed by atoms with Crippen molar-refractivity contribution in [3.63, 3.8) is 0 Å². The van der Waals surface area contributed by atoms with Gasteiger partial charge < -0.3 is 21.7 Å². The number of carbonyl (C=O) groups excluding carboxylic acids is 1. The Kier molecular flexibility index (Phi) is 6.22. The van der Waals surface area contributed by atoms with Gasteiger partial charge in [-0.05, 0) is 24.3 Å². The molecule has 0 aromatic heterocycles. The van der Waals surface area contributed by atoms with E-state index in [4.69, 9.17) is 11.5 Å². The molecule has 6 heteroatoms. The van der Waals surface area contributed by atoms with E-state index in [2.05, 4.69) is 0 Å². The van der Waals surface area contributed by atoms with Crippen LogP contribution in [0.1, 0.15) is 25.8 Å². The zero-order valence-electron chi connectivity index (χ0n) is 12.9. The zero-order valence-corrected chi connectivity index (χ0v) is 12.9. The number of Topliss-reactive ketones (excluding diaryl/α,β-unsaturated/α-hetero) is 1. The first-order valence-corrected chi connectivity index (χ1v) is 7.22. The quantitative estimate of drug-likeness (QED) is 0.512. The summed E-state index contributed by atoms with van der Waals surface area (Å²) in [5.74, 6) is -2.50. The Hall–Kier alpha value is -1.76. The molecule has 1 aromatic carbocycles. The summed E-state index contributed by atoms with van der Waals surface area (Å²) in [7, 11) is 0. The number of hydrogen-bond acceptors (Lipinski definition) is 5. The van der Waals surface area contributed by atoms with E-state index in [1.54, 1.807) is 13.8 Å². The molecule has 0 amide bonds. The molecule has 6 N–H and O–H groups in total. The van der Waals surface area contributed by atoms with Gasteiger partial charge in [0.15, 0.2) is 11.3 Å². The smallest absolute Gasteiger partial charge is 0.331 e. The molecule has 2 unspecified atom stereocenters. The monoisotopic (exact) mass is 308 g/mol. The maximum absolute atomic E-state index is 12.3. The van der Waals surface area contributed by atoms with Gasteiger partial charge >= 0.3 is 5.97 Å². The SMILES string of the molecule is CC(C)C[C@](N)(C(=O)O)C(=O)C(O)C(N)Cc1ccccc1. The average molecular weight is 308 g/mol. The predicted molar refractivity (Wildman–Crippen MR) is 83.1 cm³/mol. The van der Waals surface area contributed by atoms with Crippen LogP contribution in [-0.4, -0.2) is 39.7 Å². The molecule has 0 fully saturated rings. The summed E-state index contributed by atoms with van der Waals surface area (Å²) in [4.78, 5) is 23.7. The molecule has 122 valence electrons. The minimum absolute atomic E-state index is 0.0592. The Morgan fingerprint density at radius 2 is 1.77 bits per heavy atom. The van der Waals surface area contributed by atoms with Gasteiger partial charge in [-0.1, -0.05) is 44.2 Å². The summed E-state index contributed by atoms with van der Waals surface area (Å²) in [6, 6.07) is 8.20. The van der Waals surface area contributed by atoms with E-state index in [1.165, 1.54) is 0 Å². The molecule has 0 aliphatic carbocycles. The third kappa shape index (κ3) is 4.37. The molecule has 0 saturated heterocycles. The van der Waals surface area contributed by atoms with Crippen LogP contribution in [0.2, 0.25) is 0 Å². The van der Waals surface area contributed by atoms with E-state index < -0.39 is 29.4 Å². The van der Waals surface area contributed by atoms with E-state index in [0.29, 0.717) is 0 Å². The maximum atomic E-state index is 12.3. The van der Waals surface area contributed by atoms with E-state index in [9.17, 15) is 19.8 Å². The van der Waals surface area contributed by atoms with Gasteiger partial charge in [0.25, 0.3) is 0 Å². The van der Waals surface area contributed by atoms with Gasteiger partial charge in [-0.3, -0.25) is 4.79 Å². The van der Waals surface area contributed by atoms with Crippen LogP contribution in [-0.2, 0) is 16.0 Å². The lowest BCUT2D eigenvalue weighted by Gasteiger charge is -2.29. The number of hydrogen-bond donors (Lipinski definition) is 4. The van der Waals surface area contributed by atoms with Gasteiger partial charge in [-0.25, -0.2) is 4.79 Å². The summed E-state index contributed by atoms with van der Waals surface area (Å²) in [6.07, 6.45) is -1.43. The maximum Gasteiger partial charge on any atom is 0.331 e. The average Bonchev–Trinajstić information content (AvgIpc) is 2.45. The lowest BCUT2D eigenvalue weighted by Crippen LogP contribution is -2.62. The number of carboxylic acids is 1. The summed E-state index contributed by atoms with van der Waals surface area (Å²) in [5, 5.41) is 19.4. The fourth-order valence-corrected chi connectivity index (χ4v) is 2.39. The van der Waals surface area contributed by atoms with Crippen LogP contribution in [0.4, 0.5) is 0 Å². The Labute approximate surface area is 130 Å². The molecule has 22 heavy (non-hydrogen) atoms. The molecular weight excluding hydrogens is 284 g/mol. The number of aliphatic carboxylic acids is 1. The largest absolute Gasteiger partial charge is 0.480 e. The second kappa shape index (κ2) is 7.49. The third-order valence-electron chi connectivity index (χ3n) is 3.54. The predicted octanol–water partition coefficient (Wildman–Crippen LogP) is 0.315. The zero-order chi connectivity index (χ0) is 16.9. The lowest BCUT2D eigenvalue weighted by atomic mass is 9.81. The molecule has 0 aliphatic rings. The molecule has 0 bridgehead atoms. The van der Waals surface area contributed by atoms with Gasteiger partial charge in [0.05, 0.1) is 0 Å².